The van der Waals surface area contributed by atoms with Gasteiger partial charge in [0.2, 0.25) is 15.9 Å². The first kappa shape index (κ1) is 15.7. The van der Waals surface area contributed by atoms with Crippen molar-refractivity contribution in [3.63, 3.8) is 0 Å². The highest BCUT2D eigenvalue weighted by molar-refractivity contribution is 7.89. The number of hydrogen-bond acceptors (Lipinski definition) is 5. The van der Waals surface area contributed by atoms with Gasteiger partial charge in [0.15, 0.2) is 0 Å². The van der Waals surface area contributed by atoms with Crippen LogP contribution in [0.1, 0.15) is 19.3 Å². The van der Waals surface area contributed by atoms with Crippen LogP contribution in [0.15, 0.2) is 23.2 Å². The van der Waals surface area contributed by atoms with Crippen molar-refractivity contribution < 1.29 is 13.2 Å². The lowest BCUT2D eigenvalue weighted by Gasteiger charge is -2.25. The second-order valence-electron chi connectivity index (χ2n) is 4.87. The molecule has 0 saturated carbocycles. The molecule has 2 heterocycles. The quantitative estimate of drug-likeness (QED) is 0.822. The van der Waals surface area contributed by atoms with Crippen molar-refractivity contribution >= 4 is 21.7 Å². The van der Waals surface area contributed by atoms with Gasteiger partial charge in [-0.05, 0) is 25.0 Å². The Hall–Kier alpha value is -1.67. The largest absolute Gasteiger partial charge is 0.361 e. The zero-order valence-corrected chi connectivity index (χ0v) is 12.8. The van der Waals surface area contributed by atoms with E-state index in [1.165, 1.54) is 16.6 Å². The lowest BCUT2D eigenvalue weighted by atomic mass is 10.2. The predicted molar refractivity (Wildman–Crippen MR) is 79.4 cm³/mol. The van der Waals surface area contributed by atoms with Crippen LogP contribution in [-0.4, -0.2) is 50.3 Å². The van der Waals surface area contributed by atoms with Gasteiger partial charge in [0.05, 0.1) is 6.54 Å². The van der Waals surface area contributed by atoms with Crippen LogP contribution in [0.3, 0.4) is 0 Å². The van der Waals surface area contributed by atoms with E-state index in [9.17, 15) is 13.2 Å². The normalized spacial score (nSPS) is 16.4. The third kappa shape index (κ3) is 3.92. The highest BCUT2D eigenvalue weighted by atomic mass is 32.2. The van der Waals surface area contributed by atoms with Gasteiger partial charge in [-0.3, -0.25) is 4.79 Å². The van der Waals surface area contributed by atoms with E-state index in [4.69, 9.17) is 0 Å². The van der Waals surface area contributed by atoms with Gasteiger partial charge in [-0.2, -0.15) is 4.31 Å². The standard InChI is InChI=1S/C13H20N4O3S/c1-14-13(18)10-16-12-6-5-11(9-15-12)21(19,20)17-7-3-2-4-8-17/h5-6,9H,2-4,7-8,10H2,1H3,(H,14,18)(H,15,16). The molecule has 21 heavy (non-hydrogen) atoms. The molecule has 1 aliphatic heterocycles. The molecule has 2 rings (SSSR count). The van der Waals surface area contributed by atoms with Crippen LogP contribution in [0.2, 0.25) is 0 Å². The summed E-state index contributed by atoms with van der Waals surface area (Å²) in [5, 5.41) is 5.30. The van der Waals surface area contributed by atoms with Crippen molar-refractivity contribution in [2.24, 2.45) is 0 Å². The molecule has 0 aliphatic carbocycles. The summed E-state index contributed by atoms with van der Waals surface area (Å²) in [4.78, 5) is 15.4. The van der Waals surface area contributed by atoms with Crippen molar-refractivity contribution in [1.29, 1.82) is 0 Å². The number of pyridine rings is 1. The number of aromatic nitrogens is 1. The summed E-state index contributed by atoms with van der Waals surface area (Å²) in [5.41, 5.74) is 0. The number of carbonyl (C=O) groups excluding carboxylic acids is 1. The molecule has 0 atom stereocenters. The molecule has 0 aromatic carbocycles. The fourth-order valence-corrected chi connectivity index (χ4v) is 3.61. The average molecular weight is 312 g/mol. The smallest absolute Gasteiger partial charge is 0.244 e. The van der Waals surface area contributed by atoms with Crippen molar-refractivity contribution in [3.8, 4) is 0 Å². The Bertz CT molecular complexity index is 580. The third-order valence-electron chi connectivity index (χ3n) is 3.40. The lowest BCUT2D eigenvalue weighted by Crippen LogP contribution is -2.35. The Morgan fingerprint density at radius 1 is 1.29 bits per heavy atom. The number of hydrogen-bond donors (Lipinski definition) is 2. The Morgan fingerprint density at radius 3 is 2.57 bits per heavy atom. The van der Waals surface area contributed by atoms with E-state index in [0.29, 0.717) is 18.9 Å². The zero-order valence-electron chi connectivity index (χ0n) is 12.0. The van der Waals surface area contributed by atoms with Crippen LogP contribution >= 0.6 is 0 Å². The van der Waals surface area contributed by atoms with Crippen molar-refractivity contribution in [2.75, 3.05) is 32.0 Å². The van der Waals surface area contributed by atoms with Crippen molar-refractivity contribution in [2.45, 2.75) is 24.2 Å². The fourth-order valence-electron chi connectivity index (χ4n) is 2.15. The maximum absolute atomic E-state index is 12.4. The van der Waals surface area contributed by atoms with Gasteiger partial charge >= 0.3 is 0 Å². The number of carbonyl (C=O) groups is 1. The molecule has 0 spiro atoms. The second kappa shape index (κ2) is 6.86. The molecule has 0 unspecified atom stereocenters. The van der Waals surface area contributed by atoms with E-state index in [0.717, 1.165) is 19.3 Å². The first-order valence-corrected chi connectivity index (χ1v) is 8.38. The average Bonchev–Trinajstić information content (AvgIpc) is 2.53. The summed E-state index contributed by atoms with van der Waals surface area (Å²) < 4.78 is 26.3. The van der Waals surface area contributed by atoms with Gasteiger partial charge in [0.25, 0.3) is 0 Å². The molecule has 1 aromatic rings. The number of anilines is 1. The summed E-state index contributed by atoms with van der Waals surface area (Å²) in [7, 11) is -1.90. The minimum absolute atomic E-state index is 0.0989. The number of likely N-dealkylation sites (N-methyl/N-ethyl adjacent to an activating group) is 1. The monoisotopic (exact) mass is 312 g/mol. The van der Waals surface area contributed by atoms with Crippen LogP contribution in [0.25, 0.3) is 0 Å². The second-order valence-corrected chi connectivity index (χ2v) is 6.81. The fraction of sp³-hybridized carbons (Fsp3) is 0.538. The molecule has 1 aliphatic rings. The van der Waals surface area contributed by atoms with Gasteiger partial charge in [-0.15, -0.1) is 0 Å². The highest BCUT2D eigenvalue weighted by Gasteiger charge is 2.26. The highest BCUT2D eigenvalue weighted by Crippen LogP contribution is 2.20. The minimum atomic E-state index is -3.45. The van der Waals surface area contributed by atoms with Crippen LogP contribution in [0, 0.1) is 0 Å². The number of amides is 1. The van der Waals surface area contributed by atoms with Gasteiger partial charge in [0, 0.05) is 26.3 Å². The van der Waals surface area contributed by atoms with Crippen LogP contribution < -0.4 is 10.6 Å². The molecule has 2 N–H and O–H groups in total. The lowest BCUT2D eigenvalue weighted by molar-refractivity contribution is -0.118. The molecule has 116 valence electrons. The number of piperidine rings is 1. The van der Waals surface area contributed by atoms with Crippen LogP contribution in [-0.2, 0) is 14.8 Å². The molecule has 7 nitrogen and oxygen atoms in total. The molecular weight excluding hydrogens is 292 g/mol. The molecule has 1 fully saturated rings. The number of nitrogens with one attached hydrogen (secondary N) is 2. The summed E-state index contributed by atoms with van der Waals surface area (Å²) in [5.74, 6) is 0.304. The van der Waals surface area contributed by atoms with Crippen LogP contribution in [0.5, 0.6) is 0 Å². The Balaban J connectivity index is 2.05. The molecule has 8 heteroatoms. The van der Waals surface area contributed by atoms with Crippen molar-refractivity contribution in [1.82, 2.24) is 14.6 Å². The van der Waals surface area contributed by atoms with Gasteiger partial charge < -0.3 is 10.6 Å². The van der Waals surface area contributed by atoms with Gasteiger partial charge in [-0.25, -0.2) is 13.4 Å². The zero-order chi connectivity index (χ0) is 15.3. The minimum Gasteiger partial charge on any atom is -0.361 e. The summed E-state index contributed by atoms with van der Waals surface area (Å²) in [6.07, 6.45) is 4.21. The topological polar surface area (TPSA) is 91.4 Å². The van der Waals surface area contributed by atoms with E-state index < -0.39 is 10.0 Å². The predicted octanol–water partition coefficient (Wildman–Crippen LogP) is 0.414. The summed E-state index contributed by atoms with van der Waals surface area (Å²) >= 11 is 0. The number of sulfonamides is 1. The molecule has 0 bridgehead atoms. The summed E-state index contributed by atoms with van der Waals surface area (Å²) in [6, 6.07) is 3.09. The maximum Gasteiger partial charge on any atom is 0.244 e. The Morgan fingerprint density at radius 2 is 2.00 bits per heavy atom. The molecule has 1 aromatic heterocycles. The number of rotatable bonds is 5. The van der Waals surface area contributed by atoms with E-state index in [2.05, 4.69) is 15.6 Å². The van der Waals surface area contributed by atoms with Gasteiger partial charge in [0.1, 0.15) is 10.7 Å². The van der Waals surface area contributed by atoms with Crippen molar-refractivity contribution in [3.05, 3.63) is 18.3 Å². The first-order valence-electron chi connectivity index (χ1n) is 6.94. The van der Waals surface area contributed by atoms with Crippen LogP contribution in [0.4, 0.5) is 5.82 Å². The van der Waals surface area contributed by atoms with E-state index in [1.807, 2.05) is 0 Å². The Kier molecular flexibility index (Phi) is 5.13. The maximum atomic E-state index is 12.4. The van der Waals surface area contributed by atoms with E-state index in [-0.39, 0.29) is 17.3 Å². The first-order chi connectivity index (χ1) is 10.0. The molecule has 1 saturated heterocycles. The molecule has 1 amide bonds. The Labute approximate surface area is 124 Å². The van der Waals surface area contributed by atoms with Gasteiger partial charge in [-0.1, -0.05) is 6.42 Å². The summed E-state index contributed by atoms with van der Waals surface area (Å²) in [6.45, 7) is 1.24. The molecule has 0 radical (unpaired) electrons. The number of nitrogens with zero attached hydrogens (tertiary/aromatic N) is 2. The van der Waals surface area contributed by atoms with E-state index in [1.54, 1.807) is 13.1 Å². The third-order valence-corrected chi connectivity index (χ3v) is 5.28. The molecular formula is C13H20N4O3S. The SMILES string of the molecule is CNC(=O)CNc1ccc(S(=O)(=O)N2CCCCC2)cn1. The van der Waals surface area contributed by atoms with E-state index >= 15 is 0 Å².